The molecule has 1 heterocycles. The first-order valence-corrected chi connectivity index (χ1v) is 8.26. The van der Waals surface area contributed by atoms with Crippen molar-refractivity contribution >= 4 is 16.1 Å². The van der Waals surface area contributed by atoms with Crippen molar-refractivity contribution in [1.82, 2.24) is 13.5 Å². The molecule has 0 saturated carbocycles. The second-order valence-corrected chi connectivity index (χ2v) is 7.49. The lowest BCUT2D eigenvalue weighted by Gasteiger charge is -2.35. The van der Waals surface area contributed by atoms with Crippen molar-refractivity contribution < 1.29 is 28.5 Å². The van der Waals surface area contributed by atoms with Gasteiger partial charge in [0.2, 0.25) is 0 Å². The summed E-state index contributed by atoms with van der Waals surface area (Å²) in [6.45, 7) is 0.688. The summed E-state index contributed by atoms with van der Waals surface area (Å²) in [5, 5.41) is 28.2. The number of rotatable bonds is 3. The third-order valence-electron chi connectivity index (χ3n) is 3.63. The number of aromatic hydroxyl groups is 3. The second kappa shape index (κ2) is 6.22. The molecular weight excluding hydrogens is 326 g/mol. The maximum atomic E-state index is 12.3. The molecule has 23 heavy (non-hydrogen) atoms. The fourth-order valence-electron chi connectivity index (χ4n) is 2.26. The molecule has 2 rings (SSSR count). The Labute approximate surface area is 134 Å². The first-order valence-electron chi connectivity index (χ1n) is 6.86. The molecule has 1 aliphatic rings. The van der Waals surface area contributed by atoms with Gasteiger partial charge in [-0.3, -0.25) is 4.79 Å². The summed E-state index contributed by atoms with van der Waals surface area (Å²) in [6, 6.07) is 2.11. The van der Waals surface area contributed by atoms with Crippen molar-refractivity contribution in [3.05, 3.63) is 17.7 Å². The van der Waals surface area contributed by atoms with Gasteiger partial charge in [-0.05, 0) is 12.1 Å². The van der Waals surface area contributed by atoms with E-state index in [9.17, 15) is 28.5 Å². The SMILES string of the molecule is CN(C)S(=O)(=O)N1CCN(C(=O)c2cc(O)c(O)c(O)c2)CC1. The van der Waals surface area contributed by atoms with Crippen molar-refractivity contribution in [2.45, 2.75) is 0 Å². The summed E-state index contributed by atoms with van der Waals surface area (Å²) >= 11 is 0. The van der Waals surface area contributed by atoms with E-state index in [-0.39, 0.29) is 31.7 Å². The fraction of sp³-hybridized carbons (Fsp3) is 0.462. The van der Waals surface area contributed by atoms with Crippen molar-refractivity contribution in [3.8, 4) is 17.2 Å². The number of nitrogens with zero attached hydrogens (tertiary/aromatic N) is 3. The molecule has 1 aromatic carbocycles. The molecular formula is C13H19N3O6S. The lowest BCUT2D eigenvalue weighted by molar-refractivity contribution is 0.0694. The molecule has 1 fully saturated rings. The van der Waals surface area contributed by atoms with Crippen LogP contribution in [0, 0.1) is 0 Å². The molecule has 0 bridgehead atoms. The summed E-state index contributed by atoms with van der Waals surface area (Å²) in [5.41, 5.74) is 0.0155. The maximum Gasteiger partial charge on any atom is 0.281 e. The monoisotopic (exact) mass is 345 g/mol. The Hall–Kier alpha value is -2.04. The van der Waals surface area contributed by atoms with E-state index in [4.69, 9.17) is 0 Å². The van der Waals surface area contributed by atoms with E-state index >= 15 is 0 Å². The maximum absolute atomic E-state index is 12.3. The highest BCUT2D eigenvalue weighted by Gasteiger charge is 2.30. The van der Waals surface area contributed by atoms with Gasteiger partial charge in [0.15, 0.2) is 17.2 Å². The van der Waals surface area contributed by atoms with Gasteiger partial charge in [0.1, 0.15) is 0 Å². The summed E-state index contributed by atoms with van der Waals surface area (Å²) in [5.74, 6) is -2.34. The summed E-state index contributed by atoms with van der Waals surface area (Å²) < 4.78 is 26.4. The van der Waals surface area contributed by atoms with E-state index in [0.29, 0.717) is 0 Å². The number of carbonyl (C=O) groups is 1. The Kier molecular flexibility index (Phi) is 4.68. The quantitative estimate of drug-likeness (QED) is 0.627. The molecule has 0 spiro atoms. The zero-order chi connectivity index (χ0) is 17.4. The van der Waals surface area contributed by atoms with Crippen LogP contribution in [-0.4, -0.2) is 83.4 Å². The first kappa shape index (κ1) is 17.3. The fourth-order valence-corrected chi connectivity index (χ4v) is 3.35. The molecule has 0 unspecified atom stereocenters. The highest BCUT2D eigenvalue weighted by molar-refractivity contribution is 7.86. The van der Waals surface area contributed by atoms with Crippen LogP contribution in [0.25, 0.3) is 0 Å². The molecule has 10 heteroatoms. The van der Waals surface area contributed by atoms with Gasteiger partial charge in [-0.25, -0.2) is 0 Å². The van der Waals surface area contributed by atoms with Crippen molar-refractivity contribution in [2.24, 2.45) is 0 Å². The number of benzene rings is 1. The smallest absolute Gasteiger partial charge is 0.281 e. The normalized spacial score (nSPS) is 16.7. The number of amides is 1. The van der Waals surface area contributed by atoms with Gasteiger partial charge in [-0.1, -0.05) is 0 Å². The van der Waals surface area contributed by atoms with Crippen LogP contribution in [0.15, 0.2) is 12.1 Å². The van der Waals surface area contributed by atoms with Crippen LogP contribution in [0.1, 0.15) is 10.4 Å². The number of hydrogen-bond acceptors (Lipinski definition) is 6. The van der Waals surface area contributed by atoms with Crippen molar-refractivity contribution in [2.75, 3.05) is 40.3 Å². The highest BCUT2D eigenvalue weighted by atomic mass is 32.2. The van der Waals surface area contributed by atoms with Crippen molar-refractivity contribution in [3.63, 3.8) is 0 Å². The Bertz CT molecular complexity index is 687. The van der Waals surface area contributed by atoms with Crippen molar-refractivity contribution in [1.29, 1.82) is 0 Å². The van der Waals surface area contributed by atoms with Gasteiger partial charge >= 0.3 is 0 Å². The summed E-state index contributed by atoms with van der Waals surface area (Å²) in [4.78, 5) is 13.8. The Balaban J connectivity index is 2.10. The largest absolute Gasteiger partial charge is 0.504 e. The number of carbonyl (C=O) groups excluding carboxylic acids is 1. The van der Waals surface area contributed by atoms with Gasteiger partial charge in [-0.2, -0.15) is 17.0 Å². The average Bonchev–Trinajstić information content (AvgIpc) is 2.51. The van der Waals surface area contributed by atoms with E-state index in [1.807, 2.05) is 0 Å². The van der Waals surface area contributed by atoms with Crippen LogP contribution in [0.4, 0.5) is 0 Å². The predicted octanol–water partition coefficient (Wildman–Crippen LogP) is -0.632. The number of phenols is 3. The van der Waals surface area contributed by atoms with E-state index in [0.717, 1.165) is 16.4 Å². The summed E-state index contributed by atoms with van der Waals surface area (Å²) in [6.07, 6.45) is 0. The van der Waals surface area contributed by atoms with Crippen LogP contribution in [0.3, 0.4) is 0 Å². The Morgan fingerprint density at radius 1 is 1.04 bits per heavy atom. The van der Waals surface area contributed by atoms with Gasteiger partial charge in [-0.15, -0.1) is 0 Å². The van der Waals surface area contributed by atoms with Crippen LogP contribution in [-0.2, 0) is 10.2 Å². The van der Waals surface area contributed by atoms with Crippen LogP contribution < -0.4 is 0 Å². The average molecular weight is 345 g/mol. The standard InChI is InChI=1S/C13H19N3O6S/c1-14(2)23(21,22)16-5-3-15(4-6-16)13(20)9-7-10(17)12(19)11(18)8-9/h7-8,17-19H,3-6H2,1-2H3. The second-order valence-electron chi connectivity index (χ2n) is 5.34. The topological polar surface area (TPSA) is 122 Å². The van der Waals surface area contributed by atoms with E-state index in [2.05, 4.69) is 0 Å². The van der Waals surface area contributed by atoms with E-state index in [1.165, 1.54) is 23.3 Å². The lowest BCUT2D eigenvalue weighted by Crippen LogP contribution is -2.53. The van der Waals surface area contributed by atoms with Crippen LogP contribution in [0.5, 0.6) is 17.2 Å². The van der Waals surface area contributed by atoms with Crippen LogP contribution in [0.2, 0.25) is 0 Å². The predicted molar refractivity (Wildman–Crippen MR) is 81.5 cm³/mol. The first-order chi connectivity index (χ1) is 10.6. The number of hydrogen-bond donors (Lipinski definition) is 3. The molecule has 1 saturated heterocycles. The Morgan fingerprint density at radius 2 is 1.52 bits per heavy atom. The minimum Gasteiger partial charge on any atom is -0.504 e. The molecule has 1 aliphatic heterocycles. The minimum absolute atomic E-state index is 0.0155. The third-order valence-corrected chi connectivity index (χ3v) is 5.57. The molecule has 1 aromatic rings. The molecule has 0 atom stereocenters. The molecule has 1 amide bonds. The molecule has 128 valence electrons. The highest BCUT2D eigenvalue weighted by Crippen LogP contribution is 2.35. The number of phenolic OH excluding ortho intramolecular Hbond substituents is 3. The van der Waals surface area contributed by atoms with E-state index < -0.39 is 33.4 Å². The van der Waals surface area contributed by atoms with Gasteiger partial charge in [0, 0.05) is 45.8 Å². The molecule has 0 aromatic heterocycles. The number of piperazine rings is 1. The molecule has 0 aliphatic carbocycles. The van der Waals surface area contributed by atoms with Crippen LogP contribution >= 0.6 is 0 Å². The minimum atomic E-state index is -3.52. The third kappa shape index (κ3) is 3.33. The molecule has 0 radical (unpaired) electrons. The van der Waals surface area contributed by atoms with Gasteiger partial charge in [0.25, 0.3) is 16.1 Å². The van der Waals surface area contributed by atoms with E-state index in [1.54, 1.807) is 0 Å². The van der Waals surface area contributed by atoms with Gasteiger partial charge in [0.05, 0.1) is 0 Å². The Morgan fingerprint density at radius 3 is 1.96 bits per heavy atom. The zero-order valence-corrected chi connectivity index (χ0v) is 13.6. The lowest BCUT2D eigenvalue weighted by atomic mass is 10.1. The zero-order valence-electron chi connectivity index (χ0n) is 12.8. The van der Waals surface area contributed by atoms with Gasteiger partial charge < -0.3 is 20.2 Å². The molecule has 3 N–H and O–H groups in total. The molecule has 9 nitrogen and oxygen atoms in total. The summed E-state index contributed by atoms with van der Waals surface area (Å²) in [7, 11) is -0.638.